The fraction of sp³-hybridized carbons (Fsp3) is 0.500. The highest BCUT2D eigenvalue weighted by Crippen LogP contribution is 2.16. The number of nitrogens with one attached hydrogen (secondary N) is 1. The molecule has 118 valence electrons. The predicted molar refractivity (Wildman–Crippen MR) is 91.1 cm³/mol. The number of aromatic amines is 1. The van der Waals surface area contributed by atoms with Crippen molar-refractivity contribution in [3.8, 4) is 5.69 Å². The van der Waals surface area contributed by atoms with Crippen molar-refractivity contribution in [1.82, 2.24) is 24.6 Å². The molecule has 1 aliphatic heterocycles. The van der Waals surface area contributed by atoms with E-state index >= 15 is 0 Å². The zero-order valence-electron chi connectivity index (χ0n) is 13.2. The maximum Gasteiger partial charge on any atom is 0.199 e. The van der Waals surface area contributed by atoms with E-state index in [1.165, 1.54) is 5.56 Å². The van der Waals surface area contributed by atoms with Crippen molar-refractivity contribution in [3.05, 3.63) is 40.4 Å². The Kier molecular flexibility index (Phi) is 4.71. The summed E-state index contributed by atoms with van der Waals surface area (Å²) in [4.78, 5) is 4.87. The smallest absolute Gasteiger partial charge is 0.199 e. The van der Waals surface area contributed by atoms with Crippen LogP contribution in [0.2, 0.25) is 0 Å². The Bertz CT molecular complexity index is 682. The van der Waals surface area contributed by atoms with Crippen LogP contribution in [-0.2, 0) is 6.42 Å². The summed E-state index contributed by atoms with van der Waals surface area (Å²) >= 11 is 5.43. The molecule has 0 bridgehead atoms. The van der Waals surface area contributed by atoms with E-state index < -0.39 is 0 Å². The van der Waals surface area contributed by atoms with Crippen LogP contribution in [0.3, 0.4) is 0 Å². The first-order valence-corrected chi connectivity index (χ1v) is 8.19. The van der Waals surface area contributed by atoms with Crippen LogP contribution in [0.4, 0.5) is 0 Å². The third-order valence-corrected chi connectivity index (χ3v) is 4.62. The van der Waals surface area contributed by atoms with Gasteiger partial charge in [-0.2, -0.15) is 5.10 Å². The Morgan fingerprint density at radius 3 is 2.64 bits per heavy atom. The van der Waals surface area contributed by atoms with E-state index in [4.69, 9.17) is 12.2 Å². The summed E-state index contributed by atoms with van der Waals surface area (Å²) in [5.74, 6) is 1.01. The van der Waals surface area contributed by atoms with Gasteiger partial charge in [0, 0.05) is 39.1 Å². The van der Waals surface area contributed by atoms with Gasteiger partial charge in [0.2, 0.25) is 0 Å². The Morgan fingerprint density at radius 1 is 1.18 bits per heavy atom. The second-order valence-corrected chi connectivity index (χ2v) is 6.35. The van der Waals surface area contributed by atoms with Crippen molar-refractivity contribution in [2.24, 2.45) is 0 Å². The first kappa shape index (κ1) is 15.4. The Labute approximate surface area is 136 Å². The van der Waals surface area contributed by atoms with Gasteiger partial charge in [0.05, 0.1) is 5.69 Å². The number of hydrogen-bond donors (Lipinski definition) is 1. The molecule has 6 heteroatoms. The lowest BCUT2D eigenvalue weighted by atomic mass is 10.2. The molecule has 0 saturated carbocycles. The van der Waals surface area contributed by atoms with Crippen LogP contribution in [0.15, 0.2) is 24.3 Å². The highest BCUT2D eigenvalue weighted by molar-refractivity contribution is 7.71. The van der Waals surface area contributed by atoms with Gasteiger partial charge in [0.15, 0.2) is 4.77 Å². The summed E-state index contributed by atoms with van der Waals surface area (Å²) in [6.07, 6.45) is 0.908. The number of piperazine rings is 1. The molecule has 2 aromatic rings. The molecule has 2 heterocycles. The number of benzene rings is 1. The summed E-state index contributed by atoms with van der Waals surface area (Å²) in [7, 11) is 2.18. The molecule has 0 unspecified atom stereocenters. The summed E-state index contributed by atoms with van der Waals surface area (Å²) in [6, 6.07) is 8.29. The molecule has 1 saturated heterocycles. The van der Waals surface area contributed by atoms with Gasteiger partial charge in [0.25, 0.3) is 0 Å². The zero-order chi connectivity index (χ0) is 15.5. The number of rotatable bonds is 4. The Balaban J connectivity index is 1.76. The van der Waals surface area contributed by atoms with Crippen LogP contribution < -0.4 is 0 Å². The van der Waals surface area contributed by atoms with Gasteiger partial charge in [-0.15, -0.1) is 0 Å². The second-order valence-electron chi connectivity index (χ2n) is 5.96. The molecule has 1 N–H and O–H groups in total. The highest BCUT2D eigenvalue weighted by Gasteiger charge is 2.16. The van der Waals surface area contributed by atoms with Crippen LogP contribution in [0.5, 0.6) is 0 Å². The third kappa shape index (κ3) is 3.29. The van der Waals surface area contributed by atoms with Crippen molar-refractivity contribution < 1.29 is 0 Å². The minimum atomic E-state index is 0.669. The van der Waals surface area contributed by atoms with Gasteiger partial charge in [-0.1, -0.05) is 18.2 Å². The highest BCUT2D eigenvalue weighted by atomic mass is 32.1. The van der Waals surface area contributed by atoms with E-state index in [-0.39, 0.29) is 0 Å². The minimum Gasteiger partial charge on any atom is -0.304 e. The van der Waals surface area contributed by atoms with Crippen molar-refractivity contribution >= 4 is 12.2 Å². The summed E-state index contributed by atoms with van der Waals surface area (Å²) in [5.41, 5.74) is 2.33. The van der Waals surface area contributed by atoms with Gasteiger partial charge in [-0.05, 0) is 37.8 Å². The molecule has 1 aliphatic rings. The Morgan fingerprint density at radius 2 is 1.91 bits per heavy atom. The molecule has 1 fully saturated rings. The fourth-order valence-electron chi connectivity index (χ4n) is 2.89. The molecule has 0 aliphatic carbocycles. The summed E-state index contributed by atoms with van der Waals surface area (Å²) in [6.45, 7) is 7.68. The number of H-pyrrole nitrogens is 1. The zero-order valence-corrected chi connectivity index (χ0v) is 14.1. The average Bonchev–Trinajstić information content (AvgIpc) is 2.88. The molecule has 0 radical (unpaired) electrons. The molecule has 22 heavy (non-hydrogen) atoms. The normalized spacial score (nSPS) is 17.0. The van der Waals surface area contributed by atoms with E-state index in [1.807, 2.05) is 12.1 Å². The standard InChI is InChI=1S/C16H23N5S/c1-13-5-3-4-6-14(13)21-15(17-18-16(21)22)7-8-20-11-9-19(2)10-12-20/h3-6H,7-12H2,1-2H3,(H,18,22). The van der Waals surface area contributed by atoms with Crippen LogP contribution in [-0.4, -0.2) is 64.3 Å². The van der Waals surface area contributed by atoms with Crippen molar-refractivity contribution in [3.63, 3.8) is 0 Å². The van der Waals surface area contributed by atoms with Gasteiger partial charge < -0.3 is 9.80 Å². The minimum absolute atomic E-state index is 0.669. The second kappa shape index (κ2) is 6.73. The molecular weight excluding hydrogens is 294 g/mol. The van der Waals surface area contributed by atoms with Gasteiger partial charge in [-0.25, -0.2) is 0 Å². The Hall–Kier alpha value is -1.50. The van der Waals surface area contributed by atoms with E-state index in [1.54, 1.807) is 0 Å². The number of likely N-dealkylation sites (N-methyl/N-ethyl adjacent to an activating group) is 1. The maximum atomic E-state index is 5.43. The largest absolute Gasteiger partial charge is 0.304 e. The predicted octanol–water partition coefficient (Wildman–Crippen LogP) is 2.03. The first-order chi connectivity index (χ1) is 10.6. The SMILES string of the molecule is Cc1ccccc1-n1c(CCN2CCN(C)CC2)n[nH]c1=S. The summed E-state index contributed by atoms with van der Waals surface area (Å²) in [5, 5.41) is 7.39. The molecule has 3 rings (SSSR count). The molecule has 1 aromatic heterocycles. The number of aryl methyl sites for hydroxylation is 1. The van der Waals surface area contributed by atoms with Gasteiger partial charge >= 0.3 is 0 Å². The lowest BCUT2D eigenvalue weighted by Crippen LogP contribution is -2.45. The van der Waals surface area contributed by atoms with Gasteiger partial charge in [0.1, 0.15) is 5.82 Å². The molecular formula is C16H23N5S. The van der Waals surface area contributed by atoms with Crippen molar-refractivity contribution in [1.29, 1.82) is 0 Å². The average molecular weight is 317 g/mol. The van der Waals surface area contributed by atoms with Crippen LogP contribution in [0.1, 0.15) is 11.4 Å². The molecule has 1 aromatic carbocycles. The fourth-order valence-corrected chi connectivity index (χ4v) is 3.14. The lowest BCUT2D eigenvalue weighted by Gasteiger charge is -2.32. The number of nitrogens with zero attached hydrogens (tertiary/aromatic N) is 4. The van der Waals surface area contributed by atoms with Crippen molar-refractivity contribution in [2.45, 2.75) is 13.3 Å². The molecule has 0 spiro atoms. The van der Waals surface area contributed by atoms with Crippen LogP contribution in [0, 0.1) is 11.7 Å². The van der Waals surface area contributed by atoms with Crippen LogP contribution in [0.25, 0.3) is 5.69 Å². The third-order valence-electron chi connectivity index (χ3n) is 4.35. The van der Waals surface area contributed by atoms with E-state index in [0.29, 0.717) is 4.77 Å². The lowest BCUT2D eigenvalue weighted by molar-refractivity contribution is 0.155. The quantitative estimate of drug-likeness (QED) is 0.876. The maximum absolute atomic E-state index is 5.43. The van der Waals surface area contributed by atoms with E-state index in [2.05, 4.69) is 50.7 Å². The number of para-hydroxylation sites is 1. The number of hydrogen-bond acceptors (Lipinski definition) is 4. The number of aromatic nitrogens is 3. The summed E-state index contributed by atoms with van der Waals surface area (Å²) < 4.78 is 2.74. The molecule has 0 amide bonds. The van der Waals surface area contributed by atoms with Crippen LogP contribution >= 0.6 is 12.2 Å². The molecule has 0 atom stereocenters. The molecule has 5 nitrogen and oxygen atoms in total. The van der Waals surface area contributed by atoms with E-state index in [0.717, 1.165) is 50.7 Å². The van der Waals surface area contributed by atoms with E-state index in [9.17, 15) is 0 Å². The van der Waals surface area contributed by atoms with Crippen molar-refractivity contribution in [2.75, 3.05) is 39.8 Å². The van der Waals surface area contributed by atoms with Gasteiger partial charge in [-0.3, -0.25) is 9.67 Å². The topological polar surface area (TPSA) is 40.1 Å². The first-order valence-electron chi connectivity index (χ1n) is 7.78. The monoisotopic (exact) mass is 317 g/mol.